The van der Waals surface area contributed by atoms with E-state index < -0.39 is 0 Å². The van der Waals surface area contributed by atoms with Crippen LogP contribution in [0, 0.1) is 6.92 Å². The molecule has 1 aromatic heterocycles. The smallest absolute Gasteiger partial charge is 0.156 e. The number of aromatic nitrogens is 2. The van der Waals surface area contributed by atoms with Gasteiger partial charge in [0.05, 0.1) is 5.56 Å². The van der Waals surface area contributed by atoms with Crippen molar-refractivity contribution in [2.24, 2.45) is 0 Å². The summed E-state index contributed by atoms with van der Waals surface area (Å²) in [5.41, 5.74) is 1.29. The van der Waals surface area contributed by atoms with E-state index in [9.17, 15) is 4.79 Å². The van der Waals surface area contributed by atoms with E-state index in [4.69, 9.17) is 11.6 Å². The number of hydrogen-bond donors (Lipinski definition) is 0. The van der Waals surface area contributed by atoms with Gasteiger partial charge in [-0.2, -0.15) is 0 Å². The molecule has 0 amide bonds. The second-order valence-electron chi connectivity index (χ2n) is 3.73. The largest absolute Gasteiger partial charge is 0.355 e. The van der Waals surface area contributed by atoms with Gasteiger partial charge in [-0.05, 0) is 13.8 Å². The summed E-state index contributed by atoms with van der Waals surface area (Å²) in [6.07, 6.45) is 0.673. The van der Waals surface area contributed by atoms with Gasteiger partial charge in [-0.1, -0.05) is 23.8 Å². The second kappa shape index (κ2) is 5.07. The Bertz CT molecular complexity index is 431. The van der Waals surface area contributed by atoms with Crippen LogP contribution in [0.15, 0.2) is 12.2 Å². The van der Waals surface area contributed by atoms with E-state index in [-0.39, 0.29) is 5.15 Å². The van der Waals surface area contributed by atoms with Crippen LogP contribution in [0.5, 0.6) is 0 Å². The lowest BCUT2D eigenvalue weighted by atomic mass is 10.2. The lowest BCUT2D eigenvalue weighted by Gasteiger charge is -2.20. The first-order valence-corrected chi connectivity index (χ1v) is 5.18. The van der Waals surface area contributed by atoms with Crippen molar-refractivity contribution in [2.75, 3.05) is 18.5 Å². The summed E-state index contributed by atoms with van der Waals surface area (Å²) in [5.74, 6) is 1.08. The zero-order valence-electron chi connectivity index (χ0n) is 9.62. The van der Waals surface area contributed by atoms with Crippen molar-refractivity contribution in [2.45, 2.75) is 13.8 Å². The zero-order valence-corrected chi connectivity index (χ0v) is 10.4. The molecule has 0 aliphatic heterocycles. The third-order valence-electron chi connectivity index (χ3n) is 1.98. The average molecular weight is 240 g/mol. The van der Waals surface area contributed by atoms with Crippen LogP contribution in [0.25, 0.3) is 0 Å². The van der Waals surface area contributed by atoms with Crippen LogP contribution in [0.2, 0.25) is 5.15 Å². The van der Waals surface area contributed by atoms with Gasteiger partial charge in [-0.15, -0.1) is 0 Å². The molecule has 1 aromatic rings. The molecule has 0 aliphatic rings. The first-order valence-electron chi connectivity index (χ1n) is 4.80. The Hall–Kier alpha value is -1.42. The fourth-order valence-corrected chi connectivity index (χ4v) is 1.66. The highest BCUT2D eigenvalue weighted by atomic mass is 35.5. The number of rotatable bonds is 4. The maximum absolute atomic E-state index is 10.9. The van der Waals surface area contributed by atoms with Crippen LogP contribution < -0.4 is 4.90 Å². The van der Waals surface area contributed by atoms with E-state index in [1.54, 1.807) is 6.92 Å². The molecule has 0 N–H and O–H groups in total. The maximum atomic E-state index is 10.9. The third-order valence-corrected chi connectivity index (χ3v) is 2.27. The summed E-state index contributed by atoms with van der Waals surface area (Å²) in [6.45, 7) is 8.08. The molecule has 0 aromatic carbocycles. The molecule has 0 bridgehead atoms. The first kappa shape index (κ1) is 12.6. The summed E-state index contributed by atoms with van der Waals surface area (Å²) in [5, 5.41) is 0.186. The van der Waals surface area contributed by atoms with Crippen LogP contribution in [0.1, 0.15) is 23.1 Å². The summed E-state index contributed by atoms with van der Waals surface area (Å²) in [4.78, 5) is 20.9. The highest BCUT2D eigenvalue weighted by molar-refractivity contribution is 6.32. The van der Waals surface area contributed by atoms with E-state index in [0.717, 1.165) is 5.57 Å². The van der Waals surface area contributed by atoms with Crippen LogP contribution in [0.4, 0.5) is 5.82 Å². The molecule has 0 saturated heterocycles. The van der Waals surface area contributed by atoms with Crippen LogP contribution in [-0.4, -0.2) is 29.8 Å². The van der Waals surface area contributed by atoms with E-state index >= 15 is 0 Å². The van der Waals surface area contributed by atoms with E-state index in [2.05, 4.69) is 16.5 Å². The molecule has 86 valence electrons. The predicted molar refractivity (Wildman–Crippen MR) is 65.3 cm³/mol. The van der Waals surface area contributed by atoms with Crippen molar-refractivity contribution in [3.8, 4) is 0 Å². The second-order valence-corrected chi connectivity index (χ2v) is 4.09. The molecule has 0 radical (unpaired) electrons. The minimum atomic E-state index is 0.186. The van der Waals surface area contributed by atoms with Crippen LogP contribution >= 0.6 is 11.6 Å². The average Bonchev–Trinajstić information content (AvgIpc) is 2.15. The quantitative estimate of drug-likeness (QED) is 0.459. The van der Waals surface area contributed by atoms with Gasteiger partial charge in [-0.25, -0.2) is 9.97 Å². The maximum Gasteiger partial charge on any atom is 0.156 e. The number of anilines is 1. The normalized spacial score (nSPS) is 10.0. The van der Waals surface area contributed by atoms with Gasteiger partial charge < -0.3 is 4.90 Å². The number of halogens is 1. The zero-order chi connectivity index (χ0) is 12.3. The Kier molecular flexibility index (Phi) is 4.01. The molecule has 16 heavy (non-hydrogen) atoms. The predicted octanol–water partition coefficient (Wildman–Crippen LogP) is 2.26. The fraction of sp³-hybridized carbons (Fsp3) is 0.364. The van der Waals surface area contributed by atoms with Gasteiger partial charge in [0.1, 0.15) is 16.8 Å². The van der Waals surface area contributed by atoms with Gasteiger partial charge in [-0.3, -0.25) is 4.79 Å². The molecular weight excluding hydrogens is 226 g/mol. The number of aryl methyl sites for hydroxylation is 1. The van der Waals surface area contributed by atoms with Gasteiger partial charge >= 0.3 is 0 Å². The summed E-state index contributed by atoms with van der Waals surface area (Å²) in [7, 11) is 1.83. The molecule has 1 heterocycles. The monoisotopic (exact) mass is 239 g/mol. The molecule has 0 unspecified atom stereocenters. The van der Waals surface area contributed by atoms with Crippen molar-refractivity contribution in [3.05, 3.63) is 28.7 Å². The standard InChI is InChI=1S/C11H14ClN3O/c1-7(2)5-15(4)11-9(6-16)10(12)13-8(3)14-11/h6H,1,5H2,2-4H3. The Labute approximate surface area is 100.0 Å². The SMILES string of the molecule is C=C(C)CN(C)c1nc(C)nc(Cl)c1C=O. The molecule has 4 nitrogen and oxygen atoms in total. The summed E-state index contributed by atoms with van der Waals surface area (Å²) in [6, 6.07) is 0. The lowest BCUT2D eigenvalue weighted by molar-refractivity contribution is 0.112. The minimum absolute atomic E-state index is 0.186. The number of aldehydes is 1. The van der Waals surface area contributed by atoms with Crippen molar-refractivity contribution in [1.82, 2.24) is 9.97 Å². The van der Waals surface area contributed by atoms with Crippen molar-refractivity contribution in [3.63, 3.8) is 0 Å². The molecule has 0 fully saturated rings. The van der Waals surface area contributed by atoms with Crippen molar-refractivity contribution < 1.29 is 4.79 Å². The summed E-state index contributed by atoms with van der Waals surface area (Å²) >= 11 is 5.88. The van der Waals surface area contributed by atoms with E-state index in [0.29, 0.717) is 30.0 Å². The number of carbonyl (C=O) groups is 1. The van der Waals surface area contributed by atoms with E-state index in [1.807, 2.05) is 18.9 Å². The lowest BCUT2D eigenvalue weighted by Crippen LogP contribution is -2.22. The Morgan fingerprint density at radius 3 is 2.69 bits per heavy atom. The van der Waals surface area contributed by atoms with Gasteiger partial charge in [0.25, 0.3) is 0 Å². The first-order chi connectivity index (χ1) is 7.45. The van der Waals surface area contributed by atoms with Gasteiger partial charge in [0.15, 0.2) is 6.29 Å². The van der Waals surface area contributed by atoms with Crippen molar-refractivity contribution in [1.29, 1.82) is 0 Å². The molecule has 1 rings (SSSR count). The molecule has 0 saturated carbocycles. The van der Waals surface area contributed by atoms with Gasteiger partial charge in [0.2, 0.25) is 0 Å². The molecule has 0 aliphatic carbocycles. The summed E-state index contributed by atoms with van der Waals surface area (Å²) < 4.78 is 0. The number of carbonyl (C=O) groups excluding carboxylic acids is 1. The minimum Gasteiger partial charge on any atom is -0.355 e. The highest BCUT2D eigenvalue weighted by Crippen LogP contribution is 2.22. The number of hydrogen-bond acceptors (Lipinski definition) is 4. The highest BCUT2D eigenvalue weighted by Gasteiger charge is 2.14. The molecule has 0 atom stereocenters. The Morgan fingerprint density at radius 1 is 1.56 bits per heavy atom. The molecule has 0 spiro atoms. The Morgan fingerprint density at radius 2 is 2.19 bits per heavy atom. The number of likely N-dealkylation sites (N-methyl/N-ethyl adjacent to an activating group) is 1. The van der Waals surface area contributed by atoms with Crippen molar-refractivity contribution >= 4 is 23.7 Å². The van der Waals surface area contributed by atoms with Gasteiger partial charge in [0, 0.05) is 13.6 Å². The Balaban J connectivity index is 3.20. The van der Waals surface area contributed by atoms with Crippen LogP contribution in [-0.2, 0) is 0 Å². The fourth-order valence-electron chi connectivity index (χ4n) is 1.41. The van der Waals surface area contributed by atoms with Crippen LogP contribution in [0.3, 0.4) is 0 Å². The topological polar surface area (TPSA) is 46.1 Å². The van der Waals surface area contributed by atoms with E-state index in [1.165, 1.54) is 0 Å². The third kappa shape index (κ3) is 2.79. The molecular formula is C11H14ClN3O. The molecule has 5 heteroatoms. The number of nitrogens with zero attached hydrogens (tertiary/aromatic N) is 3.